The molecule has 0 aromatic rings. The van der Waals surface area contributed by atoms with Gasteiger partial charge in [0.15, 0.2) is 0 Å². The van der Waals surface area contributed by atoms with E-state index < -0.39 is 5.67 Å². The van der Waals surface area contributed by atoms with Gasteiger partial charge >= 0.3 is 0 Å². The predicted molar refractivity (Wildman–Crippen MR) is 49.2 cm³/mol. The summed E-state index contributed by atoms with van der Waals surface area (Å²) < 4.78 is 19.7. The molecule has 1 aliphatic carbocycles. The Morgan fingerprint density at radius 2 is 2.08 bits per heavy atom. The first-order valence-electron chi connectivity index (χ1n) is 5.24. The molecular weight excluding hydrogens is 169 g/mol. The molecule has 0 aromatic carbocycles. The van der Waals surface area contributed by atoms with Crippen molar-refractivity contribution >= 4 is 0 Å². The largest absolute Gasteiger partial charge is 0.381 e. The van der Waals surface area contributed by atoms with Crippen molar-refractivity contribution in [2.75, 3.05) is 19.8 Å². The average Bonchev–Trinajstić information content (AvgIpc) is 3.02. The summed E-state index contributed by atoms with van der Waals surface area (Å²) in [6.45, 7) is 1.54. The molecule has 1 aliphatic heterocycles. The first-order valence-corrected chi connectivity index (χ1v) is 5.24. The number of nitrogens with two attached hydrogens (primary N) is 1. The Morgan fingerprint density at radius 3 is 2.54 bits per heavy atom. The normalized spacial score (nSPS) is 34.2. The fourth-order valence-corrected chi connectivity index (χ4v) is 2.35. The summed E-state index contributed by atoms with van der Waals surface area (Å²) in [6.07, 6.45) is 3.97. The Morgan fingerprint density at radius 1 is 1.31 bits per heavy atom. The SMILES string of the molecule is NCC(F)(C1CC1)C1CCCOC1. The van der Waals surface area contributed by atoms with Crippen LogP contribution in [0, 0.1) is 11.8 Å². The molecule has 0 amide bonds. The Bertz CT molecular complexity index is 178. The molecule has 2 aliphatic rings. The minimum atomic E-state index is -1.12. The number of hydrogen-bond donors (Lipinski definition) is 1. The maximum Gasteiger partial charge on any atom is 0.131 e. The van der Waals surface area contributed by atoms with Crippen molar-refractivity contribution in [1.29, 1.82) is 0 Å². The van der Waals surface area contributed by atoms with Gasteiger partial charge in [0.2, 0.25) is 0 Å². The van der Waals surface area contributed by atoms with Crippen LogP contribution >= 0.6 is 0 Å². The third-order valence-corrected chi connectivity index (χ3v) is 3.41. The number of rotatable bonds is 3. The Kier molecular flexibility index (Phi) is 2.56. The second-order valence-electron chi connectivity index (χ2n) is 4.32. The van der Waals surface area contributed by atoms with Gasteiger partial charge in [-0.1, -0.05) is 0 Å². The van der Waals surface area contributed by atoms with Gasteiger partial charge in [-0.05, 0) is 31.6 Å². The minimum absolute atomic E-state index is 0.0544. The standard InChI is InChI=1S/C10H18FNO/c11-10(7-12,8-3-4-8)9-2-1-5-13-6-9/h8-9H,1-7,12H2. The monoisotopic (exact) mass is 187 g/mol. The van der Waals surface area contributed by atoms with Gasteiger partial charge in [-0.25, -0.2) is 4.39 Å². The van der Waals surface area contributed by atoms with Crippen LogP contribution in [0.15, 0.2) is 0 Å². The van der Waals surface area contributed by atoms with Gasteiger partial charge in [0.25, 0.3) is 0 Å². The number of ether oxygens (including phenoxy) is 1. The van der Waals surface area contributed by atoms with Crippen molar-refractivity contribution < 1.29 is 9.13 Å². The van der Waals surface area contributed by atoms with E-state index in [1.54, 1.807) is 0 Å². The van der Waals surface area contributed by atoms with Crippen molar-refractivity contribution in [2.45, 2.75) is 31.4 Å². The Hall–Kier alpha value is -0.150. The van der Waals surface area contributed by atoms with Crippen LogP contribution in [-0.2, 0) is 4.74 Å². The van der Waals surface area contributed by atoms with Crippen LogP contribution in [0.5, 0.6) is 0 Å². The zero-order valence-corrected chi connectivity index (χ0v) is 7.97. The summed E-state index contributed by atoms with van der Waals surface area (Å²) in [5.74, 6) is 0.281. The average molecular weight is 187 g/mol. The molecule has 13 heavy (non-hydrogen) atoms. The number of alkyl halides is 1. The van der Waals surface area contributed by atoms with Crippen LogP contribution in [0.25, 0.3) is 0 Å². The smallest absolute Gasteiger partial charge is 0.131 e. The molecule has 1 saturated heterocycles. The maximum absolute atomic E-state index is 14.4. The molecule has 3 heteroatoms. The van der Waals surface area contributed by atoms with Crippen LogP contribution in [-0.4, -0.2) is 25.4 Å². The van der Waals surface area contributed by atoms with Crippen LogP contribution in [0.4, 0.5) is 4.39 Å². The van der Waals surface area contributed by atoms with E-state index in [1.807, 2.05) is 0 Å². The van der Waals surface area contributed by atoms with Crippen LogP contribution in [0.1, 0.15) is 25.7 Å². The molecule has 0 aromatic heterocycles. The topological polar surface area (TPSA) is 35.2 Å². The van der Waals surface area contributed by atoms with E-state index in [9.17, 15) is 4.39 Å². The summed E-state index contributed by atoms with van der Waals surface area (Å²) in [5.41, 5.74) is 4.42. The lowest BCUT2D eigenvalue weighted by Gasteiger charge is -2.35. The molecule has 1 saturated carbocycles. The Labute approximate surface area is 78.6 Å². The number of hydrogen-bond acceptors (Lipinski definition) is 2. The van der Waals surface area contributed by atoms with Crippen LogP contribution in [0.2, 0.25) is 0 Å². The van der Waals surface area contributed by atoms with Crippen molar-refractivity contribution in [3.63, 3.8) is 0 Å². The van der Waals surface area contributed by atoms with Gasteiger partial charge in [-0.2, -0.15) is 0 Å². The quantitative estimate of drug-likeness (QED) is 0.726. The molecule has 2 rings (SSSR count). The summed E-state index contributed by atoms with van der Waals surface area (Å²) >= 11 is 0. The van der Waals surface area contributed by atoms with E-state index in [4.69, 9.17) is 10.5 Å². The lowest BCUT2D eigenvalue weighted by Crippen LogP contribution is -2.46. The van der Waals surface area contributed by atoms with Crippen molar-refractivity contribution in [2.24, 2.45) is 17.6 Å². The van der Waals surface area contributed by atoms with E-state index in [0.29, 0.717) is 6.61 Å². The van der Waals surface area contributed by atoms with Crippen LogP contribution in [0.3, 0.4) is 0 Å². The highest BCUT2D eigenvalue weighted by Crippen LogP contribution is 2.47. The zero-order chi connectivity index (χ0) is 9.31. The van der Waals surface area contributed by atoms with E-state index in [1.165, 1.54) is 0 Å². The lowest BCUT2D eigenvalue weighted by atomic mass is 9.81. The molecule has 1 heterocycles. The molecular formula is C10H18FNO. The van der Waals surface area contributed by atoms with Gasteiger partial charge in [0, 0.05) is 19.1 Å². The molecule has 2 N–H and O–H groups in total. The van der Waals surface area contributed by atoms with Gasteiger partial charge in [-0.15, -0.1) is 0 Å². The van der Waals surface area contributed by atoms with Crippen molar-refractivity contribution in [3.8, 4) is 0 Å². The van der Waals surface area contributed by atoms with Gasteiger partial charge in [0.1, 0.15) is 5.67 Å². The van der Waals surface area contributed by atoms with Gasteiger partial charge < -0.3 is 10.5 Å². The first-order chi connectivity index (χ1) is 6.27. The highest BCUT2D eigenvalue weighted by Gasteiger charge is 2.50. The molecule has 0 radical (unpaired) electrons. The summed E-state index contributed by atoms with van der Waals surface area (Å²) in [4.78, 5) is 0. The molecule has 76 valence electrons. The lowest BCUT2D eigenvalue weighted by molar-refractivity contribution is -0.0359. The summed E-state index contributed by atoms with van der Waals surface area (Å²) in [5, 5.41) is 0. The zero-order valence-electron chi connectivity index (χ0n) is 7.97. The molecule has 0 spiro atoms. The highest BCUT2D eigenvalue weighted by atomic mass is 19.1. The molecule has 2 unspecified atom stereocenters. The van der Waals surface area contributed by atoms with Crippen molar-refractivity contribution in [1.82, 2.24) is 0 Å². The maximum atomic E-state index is 14.4. The second kappa shape index (κ2) is 3.54. The highest BCUT2D eigenvalue weighted by molar-refractivity contribution is 5.00. The van der Waals surface area contributed by atoms with E-state index in [2.05, 4.69) is 0 Å². The van der Waals surface area contributed by atoms with Gasteiger partial charge in [-0.3, -0.25) is 0 Å². The molecule has 2 nitrogen and oxygen atoms in total. The van der Waals surface area contributed by atoms with Crippen LogP contribution < -0.4 is 5.73 Å². The number of halogens is 1. The summed E-state index contributed by atoms with van der Waals surface area (Å²) in [7, 11) is 0. The first kappa shape index (κ1) is 9.41. The Balaban J connectivity index is 2.00. The van der Waals surface area contributed by atoms with E-state index >= 15 is 0 Å². The fourth-order valence-electron chi connectivity index (χ4n) is 2.35. The fraction of sp³-hybridized carbons (Fsp3) is 1.00. The van der Waals surface area contributed by atoms with Gasteiger partial charge in [0.05, 0.1) is 6.61 Å². The van der Waals surface area contributed by atoms with Crippen molar-refractivity contribution in [3.05, 3.63) is 0 Å². The third-order valence-electron chi connectivity index (χ3n) is 3.41. The molecule has 2 fully saturated rings. The third kappa shape index (κ3) is 1.72. The van der Waals surface area contributed by atoms with E-state index in [-0.39, 0.29) is 18.4 Å². The molecule has 0 bridgehead atoms. The summed E-state index contributed by atoms with van der Waals surface area (Å²) in [6, 6.07) is 0. The predicted octanol–water partition coefficient (Wildman–Crippen LogP) is 1.49. The minimum Gasteiger partial charge on any atom is -0.381 e. The second-order valence-corrected chi connectivity index (χ2v) is 4.32. The molecule has 2 atom stereocenters. The van der Waals surface area contributed by atoms with E-state index in [0.717, 1.165) is 32.3 Å².